The zero-order valence-electron chi connectivity index (χ0n) is 10.4. The Balaban J connectivity index is 0.000000366. The van der Waals surface area contributed by atoms with Gasteiger partial charge in [0, 0.05) is 5.69 Å². The SMILES string of the molecule is CCN(C)CC.Nc1cccc(C(F)(F)F)c1. The van der Waals surface area contributed by atoms with Crippen molar-refractivity contribution in [3.63, 3.8) is 0 Å². The minimum absolute atomic E-state index is 0.125. The molecule has 0 aromatic heterocycles. The molecule has 1 rings (SSSR count). The molecule has 0 bridgehead atoms. The smallest absolute Gasteiger partial charge is 0.399 e. The molecule has 0 amide bonds. The molecule has 0 unspecified atom stereocenters. The van der Waals surface area contributed by atoms with Gasteiger partial charge in [0.1, 0.15) is 0 Å². The Morgan fingerprint density at radius 2 is 1.71 bits per heavy atom. The normalized spacial score (nSPS) is 11.0. The molecular formula is C12H19F3N2. The van der Waals surface area contributed by atoms with E-state index in [0.717, 1.165) is 25.2 Å². The van der Waals surface area contributed by atoms with E-state index in [-0.39, 0.29) is 5.69 Å². The highest BCUT2D eigenvalue weighted by Crippen LogP contribution is 2.29. The first-order valence-corrected chi connectivity index (χ1v) is 5.42. The van der Waals surface area contributed by atoms with Crippen molar-refractivity contribution in [3.8, 4) is 0 Å². The number of halogens is 3. The van der Waals surface area contributed by atoms with Crippen molar-refractivity contribution >= 4 is 5.69 Å². The molecule has 0 atom stereocenters. The number of hydrogen-bond acceptors (Lipinski definition) is 2. The second kappa shape index (κ2) is 7.17. The van der Waals surface area contributed by atoms with Gasteiger partial charge in [0.25, 0.3) is 0 Å². The van der Waals surface area contributed by atoms with Gasteiger partial charge in [-0.25, -0.2) is 0 Å². The number of benzene rings is 1. The van der Waals surface area contributed by atoms with E-state index in [1.54, 1.807) is 0 Å². The summed E-state index contributed by atoms with van der Waals surface area (Å²) in [7, 11) is 2.11. The Hall–Kier alpha value is -1.23. The lowest BCUT2D eigenvalue weighted by Gasteiger charge is -2.07. The van der Waals surface area contributed by atoms with Gasteiger partial charge in [-0.15, -0.1) is 0 Å². The van der Waals surface area contributed by atoms with Crippen molar-refractivity contribution in [1.82, 2.24) is 4.90 Å². The number of nitrogen functional groups attached to an aromatic ring is 1. The van der Waals surface area contributed by atoms with Gasteiger partial charge in [-0.3, -0.25) is 0 Å². The molecule has 0 saturated carbocycles. The van der Waals surface area contributed by atoms with Crippen LogP contribution in [0, 0.1) is 0 Å². The minimum Gasteiger partial charge on any atom is -0.399 e. The molecule has 98 valence electrons. The van der Waals surface area contributed by atoms with Crippen LogP contribution in [0.5, 0.6) is 0 Å². The van der Waals surface area contributed by atoms with Crippen molar-refractivity contribution < 1.29 is 13.2 Å². The number of rotatable bonds is 2. The summed E-state index contributed by atoms with van der Waals surface area (Å²) >= 11 is 0. The van der Waals surface area contributed by atoms with Gasteiger partial charge in [0.15, 0.2) is 0 Å². The fourth-order valence-corrected chi connectivity index (χ4v) is 0.939. The van der Waals surface area contributed by atoms with Gasteiger partial charge in [-0.05, 0) is 38.3 Å². The summed E-state index contributed by atoms with van der Waals surface area (Å²) < 4.78 is 35.7. The highest BCUT2D eigenvalue weighted by atomic mass is 19.4. The number of nitrogens with two attached hydrogens (primary N) is 1. The van der Waals surface area contributed by atoms with E-state index < -0.39 is 11.7 Å². The zero-order valence-corrected chi connectivity index (χ0v) is 10.4. The summed E-state index contributed by atoms with van der Waals surface area (Å²) in [6, 6.07) is 4.57. The van der Waals surface area contributed by atoms with Crippen molar-refractivity contribution in [3.05, 3.63) is 29.8 Å². The van der Waals surface area contributed by atoms with E-state index in [1.807, 2.05) is 0 Å². The van der Waals surface area contributed by atoms with Crippen LogP contribution in [0.15, 0.2) is 24.3 Å². The van der Waals surface area contributed by atoms with Gasteiger partial charge in [0.05, 0.1) is 5.56 Å². The second-order valence-electron chi connectivity index (χ2n) is 3.61. The van der Waals surface area contributed by atoms with Crippen LogP contribution in [-0.2, 0) is 6.18 Å². The molecule has 5 heteroatoms. The third-order valence-electron chi connectivity index (χ3n) is 2.29. The van der Waals surface area contributed by atoms with E-state index >= 15 is 0 Å². The topological polar surface area (TPSA) is 29.3 Å². The lowest BCUT2D eigenvalue weighted by molar-refractivity contribution is -0.137. The largest absolute Gasteiger partial charge is 0.416 e. The molecular weight excluding hydrogens is 229 g/mol. The standard InChI is InChI=1S/C7H6F3N.C5H13N/c8-7(9,10)5-2-1-3-6(11)4-5;1-4-6(3)5-2/h1-4H,11H2;4-5H2,1-3H3. The third-order valence-corrected chi connectivity index (χ3v) is 2.29. The molecule has 0 radical (unpaired) electrons. The summed E-state index contributed by atoms with van der Waals surface area (Å²) in [4.78, 5) is 2.25. The van der Waals surface area contributed by atoms with Crippen LogP contribution >= 0.6 is 0 Å². The molecule has 0 aliphatic rings. The van der Waals surface area contributed by atoms with Gasteiger partial charge in [-0.2, -0.15) is 13.2 Å². The molecule has 0 aliphatic heterocycles. The van der Waals surface area contributed by atoms with Crippen LogP contribution in [-0.4, -0.2) is 25.0 Å². The monoisotopic (exact) mass is 248 g/mol. The van der Waals surface area contributed by atoms with E-state index in [0.29, 0.717) is 0 Å². The molecule has 2 N–H and O–H groups in total. The van der Waals surface area contributed by atoms with Crippen molar-refractivity contribution in [2.45, 2.75) is 20.0 Å². The van der Waals surface area contributed by atoms with Crippen molar-refractivity contribution in [1.29, 1.82) is 0 Å². The fraction of sp³-hybridized carbons (Fsp3) is 0.500. The van der Waals surface area contributed by atoms with Gasteiger partial charge in [0.2, 0.25) is 0 Å². The Bertz CT molecular complexity index is 320. The quantitative estimate of drug-likeness (QED) is 0.814. The summed E-state index contributed by atoms with van der Waals surface area (Å²) in [5.74, 6) is 0. The highest BCUT2D eigenvalue weighted by Gasteiger charge is 2.30. The maximum Gasteiger partial charge on any atom is 0.416 e. The summed E-state index contributed by atoms with van der Waals surface area (Å²) in [6.07, 6.45) is -4.30. The maximum atomic E-state index is 11.9. The fourth-order valence-electron chi connectivity index (χ4n) is 0.939. The van der Waals surface area contributed by atoms with Crippen molar-refractivity contribution in [2.24, 2.45) is 0 Å². The van der Waals surface area contributed by atoms with E-state index in [4.69, 9.17) is 5.73 Å². The Morgan fingerprint density at radius 3 is 1.94 bits per heavy atom. The first kappa shape index (κ1) is 15.8. The Kier molecular flexibility index (Phi) is 6.65. The Morgan fingerprint density at radius 1 is 1.18 bits per heavy atom. The number of hydrogen-bond donors (Lipinski definition) is 1. The number of alkyl halides is 3. The molecule has 17 heavy (non-hydrogen) atoms. The van der Waals surface area contributed by atoms with Gasteiger partial charge < -0.3 is 10.6 Å². The van der Waals surface area contributed by atoms with Crippen molar-refractivity contribution in [2.75, 3.05) is 25.9 Å². The molecule has 2 nitrogen and oxygen atoms in total. The average Bonchev–Trinajstić information content (AvgIpc) is 2.28. The summed E-state index contributed by atoms with van der Waals surface area (Å²) in [6.45, 7) is 6.64. The van der Waals surface area contributed by atoms with Crippen LogP contribution < -0.4 is 5.73 Å². The maximum absolute atomic E-state index is 11.9. The Labute approximate surface area is 100 Å². The van der Waals surface area contributed by atoms with E-state index in [1.165, 1.54) is 12.1 Å². The van der Waals surface area contributed by atoms with E-state index in [2.05, 4.69) is 25.8 Å². The van der Waals surface area contributed by atoms with Gasteiger partial charge >= 0.3 is 6.18 Å². The predicted octanol–water partition coefficient (Wildman–Crippen LogP) is 3.25. The van der Waals surface area contributed by atoms with Crippen LogP contribution in [0.2, 0.25) is 0 Å². The lowest BCUT2D eigenvalue weighted by atomic mass is 10.2. The van der Waals surface area contributed by atoms with Crippen LogP contribution in [0.1, 0.15) is 19.4 Å². The molecule has 0 saturated heterocycles. The molecule has 1 aromatic carbocycles. The molecule has 0 spiro atoms. The van der Waals surface area contributed by atoms with Gasteiger partial charge in [-0.1, -0.05) is 19.9 Å². The van der Waals surface area contributed by atoms with Crippen LogP contribution in [0.25, 0.3) is 0 Å². The first-order valence-electron chi connectivity index (χ1n) is 5.42. The molecule has 0 fully saturated rings. The highest BCUT2D eigenvalue weighted by molar-refractivity contribution is 5.41. The van der Waals surface area contributed by atoms with Crippen LogP contribution in [0.3, 0.4) is 0 Å². The summed E-state index contributed by atoms with van der Waals surface area (Å²) in [5.41, 5.74) is 4.57. The second-order valence-corrected chi connectivity index (χ2v) is 3.61. The first-order chi connectivity index (χ1) is 7.81. The summed E-state index contributed by atoms with van der Waals surface area (Å²) in [5, 5.41) is 0. The minimum atomic E-state index is -4.30. The average molecular weight is 248 g/mol. The number of nitrogens with zero attached hydrogens (tertiary/aromatic N) is 1. The van der Waals surface area contributed by atoms with E-state index in [9.17, 15) is 13.2 Å². The predicted molar refractivity (Wildman–Crippen MR) is 64.7 cm³/mol. The molecule has 0 heterocycles. The zero-order chi connectivity index (χ0) is 13.5. The third kappa shape index (κ3) is 6.84. The molecule has 0 aliphatic carbocycles. The lowest BCUT2D eigenvalue weighted by Crippen LogP contribution is -2.15. The molecule has 1 aromatic rings. The van der Waals surface area contributed by atoms with Crippen LogP contribution in [0.4, 0.5) is 18.9 Å². The number of anilines is 1.